The fourth-order valence-electron chi connectivity index (χ4n) is 3.49. The molecule has 0 saturated heterocycles. The van der Waals surface area contributed by atoms with Crippen LogP contribution < -0.4 is 5.73 Å². The Morgan fingerprint density at radius 3 is 2.04 bits per heavy atom. The molecular formula is C24H32N2O2. The Balaban J connectivity index is 2.00. The van der Waals surface area contributed by atoms with Gasteiger partial charge in [0.1, 0.15) is 5.60 Å². The third kappa shape index (κ3) is 7.20. The molecule has 0 atom stereocenters. The molecule has 2 aromatic rings. The van der Waals surface area contributed by atoms with Gasteiger partial charge in [0.25, 0.3) is 0 Å². The van der Waals surface area contributed by atoms with Gasteiger partial charge in [0.15, 0.2) is 0 Å². The number of carbonyl (C=O) groups is 1. The Bertz CT molecular complexity index is 726. The fraction of sp³-hybridized carbons (Fsp3) is 0.375. The first-order valence-electron chi connectivity index (χ1n) is 9.72. The zero-order chi connectivity index (χ0) is 20.6. The smallest absolute Gasteiger partial charge is 0.333 e. The summed E-state index contributed by atoms with van der Waals surface area (Å²) in [5.74, 6) is -0.0665. The predicted octanol–water partition coefficient (Wildman–Crippen LogP) is 4.32. The number of likely N-dealkylation sites (N-methyl/N-ethyl adjacent to an activating group) is 1. The maximum atomic E-state index is 11.9. The molecule has 2 aromatic carbocycles. The van der Waals surface area contributed by atoms with Crippen LogP contribution in [-0.4, -0.2) is 36.6 Å². The molecule has 0 aliphatic carbocycles. The third-order valence-corrected chi connectivity index (χ3v) is 4.58. The highest BCUT2D eigenvalue weighted by molar-refractivity contribution is 5.82. The van der Waals surface area contributed by atoms with E-state index >= 15 is 0 Å². The van der Waals surface area contributed by atoms with Crippen molar-refractivity contribution in [3.63, 3.8) is 0 Å². The van der Waals surface area contributed by atoms with Gasteiger partial charge in [0.2, 0.25) is 0 Å². The van der Waals surface area contributed by atoms with E-state index in [9.17, 15) is 4.79 Å². The number of rotatable bonds is 9. The van der Waals surface area contributed by atoms with Crippen molar-refractivity contribution in [2.45, 2.75) is 38.7 Å². The summed E-state index contributed by atoms with van der Waals surface area (Å²) < 4.78 is 5.56. The molecule has 4 heteroatoms. The minimum Gasteiger partial charge on any atom is -0.455 e. The minimum absolute atomic E-state index is 0.332. The second-order valence-electron chi connectivity index (χ2n) is 7.97. The molecule has 0 aliphatic heterocycles. The summed E-state index contributed by atoms with van der Waals surface area (Å²) in [4.78, 5) is 14.1. The van der Waals surface area contributed by atoms with Crippen molar-refractivity contribution in [3.05, 3.63) is 83.6 Å². The first-order valence-corrected chi connectivity index (χ1v) is 9.72. The quantitative estimate of drug-likeness (QED) is 0.520. The summed E-state index contributed by atoms with van der Waals surface area (Å²) in [5.41, 5.74) is 8.04. The van der Waals surface area contributed by atoms with Crippen LogP contribution in [-0.2, 0) is 9.53 Å². The number of hydrogen-bond acceptors (Lipinski definition) is 4. The molecule has 28 heavy (non-hydrogen) atoms. The zero-order valence-electron chi connectivity index (χ0n) is 17.4. The largest absolute Gasteiger partial charge is 0.455 e. The highest BCUT2D eigenvalue weighted by atomic mass is 16.6. The number of carbonyl (C=O) groups excluding carboxylic acids is 1. The van der Waals surface area contributed by atoms with Crippen molar-refractivity contribution in [1.82, 2.24) is 4.90 Å². The molecule has 0 aliphatic rings. The van der Waals surface area contributed by atoms with Crippen LogP contribution in [0, 0.1) is 0 Å². The maximum Gasteiger partial charge on any atom is 0.333 e. The van der Waals surface area contributed by atoms with Crippen LogP contribution >= 0.6 is 0 Å². The SMILES string of the molecule is CC(N)=CC(=O)OC(C)(C)CN(C)CCC(c1ccccc1)c1ccccc1. The lowest BCUT2D eigenvalue weighted by molar-refractivity contribution is -0.151. The van der Waals surface area contributed by atoms with Crippen LogP contribution in [0.5, 0.6) is 0 Å². The lowest BCUT2D eigenvalue weighted by Crippen LogP contribution is -2.40. The maximum absolute atomic E-state index is 11.9. The molecule has 4 nitrogen and oxygen atoms in total. The third-order valence-electron chi connectivity index (χ3n) is 4.58. The van der Waals surface area contributed by atoms with E-state index in [-0.39, 0.29) is 0 Å². The predicted molar refractivity (Wildman–Crippen MR) is 115 cm³/mol. The van der Waals surface area contributed by atoms with E-state index in [0.29, 0.717) is 18.2 Å². The van der Waals surface area contributed by atoms with E-state index in [1.807, 2.05) is 26.0 Å². The van der Waals surface area contributed by atoms with Crippen LogP contribution in [0.2, 0.25) is 0 Å². The Kier molecular flexibility index (Phi) is 7.82. The number of nitrogens with zero attached hydrogens (tertiary/aromatic N) is 1. The normalized spacial score (nSPS) is 12.4. The number of hydrogen-bond donors (Lipinski definition) is 1. The second kappa shape index (κ2) is 10.1. The van der Waals surface area contributed by atoms with E-state index in [1.165, 1.54) is 17.2 Å². The highest BCUT2D eigenvalue weighted by Crippen LogP contribution is 2.28. The highest BCUT2D eigenvalue weighted by Gasteiger charge is 2.25. The van der Waals surface area contributed by atoms with Gasteiger partial charge in [-0.3, -0.25) is 0 Å². The van der Waals surface area contributed by atoms with Gasteiger partial charge in [0, 0.05) is 24.2 Å². The molecule has 0 heterocycles. The number of esters is 1. The summed E-state index contributed by atoms with van der Waals surface area (Å²) >= 11 is 0. The Labute approximate surface area is 169 Å². The fourth-order valence-corrected chi connectivity index (χ4v) is 3.49. The number of nitrogens with two attached hydrogens (primary N) is 1. The molecule has 0 bridgehead atoms. The van der Waals surface area contributed by atoms with E-state index in [1.54, 1.807) is 6.92 Å². The standard InChI is InChI=1S/C24H32N2O2/c1-19(25)17-23(27)28-24(2,3)18-26(4)16-15-22(20-11-7-5-8-12-20)21-13-9-6-10-14-21/h5-14,17,22H,15-16,18,25H2,1-4H3. The van der Waals surface area contributed by atoms with Crippen molar-refractivity contribution < 1.29 is 9.53 Å². The minimum atomic E-state index is -0.591. The lowest BCUT2D eigenvalue weighted by Gasteiger charge is -2.31. The average Bonchev–Trinajstić information content (AvgIpc) is 2.62. The van der Waals surface area contributed by atoms with E-state index in [0.717, 1.165) is 13.0 Å². The van der Waals surface area contributed by atoms with Crippen molar-refractivity contribution in [2.24, 2.45) is 5.73 Å². The molecule has 0 saturated carbocycles. The first kappa shape index (κ1) is 21.7. The molecule has 150 valence electrons. The van der Waals surface area contributed by atoms with E-state index in [4.69, 9.17) is 10.5 Å². The Morgan fingerprint density at radius 2 is 1.57 bits per heavy atom. The van der Waals surface area contributed by atoms with Crippen molar-refractivity contribution in [3.8, 4) is 0 Å². The molecule has 0 aromatic heterocycles. The van der Waals surface area contributed by atoms with Gasteiger partial charge in [-0.15, -0.1) is 0 Å². The molecule has 2 N–H and O–H groups in total. The number of benzene rings is 2. The molecule has 0 radical (unpaired) electrons. The Morgan fingerprint density at radius 1 is 1.07 bits per heavy atom. The molecule has 0 fully saturated rings. The lowest BCUT2D eigenvalue weighted by atomic mass is 9.88. The topological polar surface area (TPSA) is 55.6 Å². The van der Waals surface area contributed by atoms with Gasteiger partial charge in [-0.05, 0) is 51.9 Å². The van der Waals surface area contributed by atoms with Crippen LogP contribution in [0.4, 0.5) is 0 Å². The summed E-state index contributed by atoms with van der Waals surface area (Å²) in [6.07, 6.45) is 2.30. The van der Waals surface area contributed by atoms with Gasteiger partial charge in [0.05, 0.1) is 0 Å². The van der Waals surface area contributed by atoms with Crippen molar-refractivity contribution in [1.29, 1.82) is 0 Å². The van der Waals surface area contributed by atoms with Crippen LogP contribution in [0.25, 0.3) is 0 Å². The van der Waals surface area contributed by atoms with Crippen LogP contribution in [0.1, 0.15) is 44.2 Å². The van der Waals surface area contributed by atoms with Gasteiger partial charge in [-0.1, -0.05) is 60.7 Å². The van der Waals surface area contributed by atoms with Crippen LogP contribution in [0.3, 0.4) is 0 Å². The van der Waals surface area contributed by atoms with Crippen LogP contribution in [0.15, 0.2) is 72.4 Å². The number of ether oxygens (including phenoxy) is 1. The van der Waals surface area contributed by atoms with Gasteiger partial charge in [-0.25, -0.2) is 4.79 Å². The number of allylic oxidation sites excluding steroid dienone is 1. The molecule has 0 amide bonds. The molecule has 0 unspecified atom stereocenters. The van der Waals surface area contributed by atoms with Crippen molar-refractivity contribution >= 4 is 5.97 Å². The summed E-state index contributed by atoms with van der Waals surface area (Å²) in [6.45, 7) is 7.06. The summed E-state index contributed by atoms with van der Waals surface area (Å²) in [7, 11) is 2.06. The van der Waals surface area contributed by atoms with Crippen molar-refractivity contribution in [2.75, 3.05) is 20.1 Å². The monoisotopic (exact) mass is 380 g/mol. The molecular weight excluding hydrogens is 348 g/mol. The zero-order valence-corrected chi connectivity index (χ0v) is 17.4. The van der Waals surface area contributed by atoms with Gasteiger partial charge < -0.3 is 15.4 Å². The second-order valence-corrected chi connectivity index (χ2v) is 7.97. The average molecular weight is 381 g/mol. The van der Waals surface area contributed by atoms with Gasteiger partial charge in [-0.2, -0.15) is 0 Å². The molecule has 2 rings (SSSR count). The first-order chi connectivity index (χ1) is 13.3. The summed E-state index contributed by atoms with van der Waals surface area (Å²) in [5, 5.41) is 0. The summed E-state index contributed by atoms with van der Waals surface area (Å²) in [6, 6.07) is 21.2. The molecule has 0 spiro atoms. The van der Waals surface area contributed by atoms with Gasteiger partial charge >= 0.3 is 5.97 Å². The van der Waals surface area contributed by atoms with E-state index in [2.05, 4.69) is 60.5 Å². The van der Waals surface area contributed by atoms with E-state index < -0.39 is 11.6 Å². The Hall–Kier alpha value is -2.59.